The molecular weight excluding hydrogens is 351 g/mol. The van der Waals surface area contributed by atoms with E-state index in [1.54, 1.807) is 18.3 Å². The quantitative estimate of drug-likeness (QED) is 0.810. The molecule has 1 aromatic carbocycles. The topological polar surface area (TPSA) is 88.5 Å². The van der Waals surface area contributed by atoms with Gasteiger partial charge in [0.1, 0.15) is 11.6 Å². The molecule has 1 saturated carbocycles. The highest BCUT2D eigenvalue weighted by molar-refractivity contribution is 5.80. The molecule has 3 rings (SSSR count). The Bertz CT molecular complexity index is 810. The molecule has 7 heteroatoms. The molecule has 0 radical (unpaired) electrons. The summed E-state index contributed by atoms with van der Waals surface area (Å²) in [6.45, 7) is 0.301. The Balaban J connectivity index is 1.55. The van der Waals surface area contributed by atoms with Crippen molar-refractivity contribution >= 4 is 11.9 Å². The molecule has 1 amide bonds. The van der Waals surface area contributed by atoms with Crippen molar-refractivity contribution in [2.45, 2.75) is 32.2 Å². The molecule has 2 N–H and O–H groups in total. The number of halogens is 1. The number of benzene rings is 1. The third-order valence-electron chi connectivity index (χ3n) is 4.70. The van der Waals surface area contributed by atoms with Crippen LogP contribution in [0.15, 0.2) is 42.6 Å². The van der Waals surface area contributed by atoms with Crippen LogP contribution in [0, 0.1) is 17.7 Å². The van der Waals surface area contributed by atoms with Crippen LogP contribution in [0.2, 0.25) is 0 Å². The minimum absolute atomic E-state index is 0.126. The molecule has 2 aromatic rings. The van der Waals surface area contributed by atoms with Crippen molar-refractivity contribution in [1.29, 1.82) is 0 Å². The summed E-state index contributed by atoms with van der Waals surface area (Å²) >= 11 is 0. The molecule has 1 aromatic heterocycles. The van der Waals surface area contributed by atoms with Gasteiger partial charge in [0.2, 0.25) is 11.8 Å². The van der Waals surface area contributed by atoms with Crippen LogP contribution in [0.4, 0.5) is 4.39 Å². The van der Waals surface area contributed by atoms with Crippen molar-refractivity contribution in [3.05, 3.63) is 54.0 Å². The number of aliphatic carboxylic acids is 1. The second-order valence-corrected chi connectivity index (χ2v) is 6.67. The second kappa shape index (κ2) is 8.62. The molecule has 1 aliphatic carbocycles. The van der Waals surface area contributed by atoms with Gasteiger partial charge in [-0.1, -0.05) is 6.42 Å². The van der Waals surface area contributed by atoms with E-state index < -0.39 is 11.9 Å². The molecule has 6 nitrogen and oxygen atoms in total. The number of hydrogen-bond acceptors (Lipinski definition) is 4. The number of amides is 1. The van der Waals surface area contributed by atoms with E-state index in [1.807, 2.05) is 0 Å². The van der Waals surface area contributed by atoms with Gasteiger partial charge in [0.15, 0.2) is 0 Å². The lowest BCUT2D eigenvalue weighted by atomic mass is 9.81. The van der Waals surface area contributed by atoms with E-state index in [0.717, 1.165) is 12.0 Å². The van der Waals surface area contributed by atoms with Gasteiger partial charge in [0.05, 0.1) is 5.92 Å². The van der Waals surface area contributed by atoms with E-state index in [0.29, 0.717) is 37.4 Å². The van der Waals surface area contributed by atoms with E-state index in [-0.39, 0.29) is 17.6 Å². The summed E-state index contributed by atoms with van der Waals surface area (Å²) in [7, 11) is 0. The van der Waals surface area contributed by atoms with Gasteiger partial charge in [-0.05, 0) is 55.2 Å². The van der Waals surface area contributed by atoms with Crippen molar-refractivity contribution in [2.24, 2.45) is 11.8 Å². The minimum atomic E-state index is -0.829. The molecule has 1 fully saturated rings. The van der Waals surface area contributed by atoms with E-state index in [1.165, 1.54) is 24.3 Å². The number of carbonyl (C=O) groups excluding carboxylic acids is 1. The molecular formula is C20H21FN2O4. The Hall–Kier alpha value is -2.96. The van der Waals surface area contributed by atoms with E-state index >= 15 is 0 Å². The van der Waals surface area contributed by atoms with Crippen LogP contribution in [-0.4, -0.2) is 22.0 Å². The standard InChI is InChI=1S/C20H21FN2O4/c21-16-4-6-17(7-5-16)27-18-10-13(8-9-22-18)12-23-19(24)14-2-1-3-15(11-14)20(25)26/h4-10,14-15H,1-3,11-12H2,(H,23,24)(H,25,26). The number of hydrogen-bond donors (Lipinski definition) is 2. The predicted molar refractivity (Wildman–Crippen MR) is 95.6 cm³/mol. The number of rotatable bonds is 6. The third kappa shape index (κ3) is 5.26. The molecule has 142 valence electrons. The number of carboxylic acid groups (broad SMARTS) is 1. The second-order valence-electron chi connectivity index (χ2n) is 6.67. The predicted octanol–water partition coefficient (Wildman–Crippen LogP) is 3.52. The molecule has 1 heterocycles. The molecule has 2 unspecified atom stereocenters. The van der Waals surface area contributed by atoms with Crippen LogP contribution in [0.25, 0.3) is 0 Å². The molecule has 0 bridgehead atoms. The van der Waals surface area contributed by atoms with Crippen molar-refractivity contribution in [3.8, 4) is 11.6 Å². The SMILES string of the molecule is O=C(O)C1CCCC(C(=O)NCc2ccnc(Oc3ccc(F)cc3)c2)C1. The molecule has 2 atom stereocenters. The van der Waals surface area contributed by atoms with Gasteiger partial charge in [-0.3, -0.25) is 9.59 Å². The molecule has 0 saturated heterocycles. The zero-order valence-electron chi connectivity index (χ0n) is 14.7. The van der Waals surface area contributed by atoms with Crippen LogP contribution < -0.4 is 10.1 Å². The maximum Gasteiger partial charge on any atom is 0.306 e. The summed E-state index contributed by atoms with van der Waals surface area (Å²) in [6.07, 6.45) is 4.05. The Kier molecular flexibility index (Phi) is 6.01. The average Bonchev–Trinajstić information content (AvgIpc) is 2.68. The smallest absolute Gasteiger partial charge is 0.306 e. The summed E-state index contributed by atoms with van der Waals surface area (Å²) < 4.78 is 18.5. The largest absolute Gasteiger partial charge is 0.481 e. The maximum atomic E-state index is 12.9. The first-order chi connectivity index (χ1) is 13.0. The van der Waals surface area contributed by atoms with Crippen molar-refractivity contribution < 1.29 is 23.8 Å². The highest BCUT2D eigenvalue weighted by atomic mass is 19.1. The molecule has 0 spiro atoms. The van der Waals surface area contributed by atoms with Crippen molar-refractivity contribution in [2.75, 3.05) is 0 Å². The summed E-state index contributed by atoms with van der Waals surface area (Å²) in [6, 6.07) is 9.08. The van der Waals surface area contributed by atoms with Gasteiger partial charge in [-0.25, -0.2) is 9.37 Å². The van der Waals surface area contributed by atoms with Crippen LogP contribution in [0.1, 0.15) is 31.2 Å². The van der Waals surface area contributed by atoms with Crippen LogP contribution >= 0.6 is 0 Å². The maximum absolute atomic E-state index is 12.9. The average molecular weight is 372 g/mol. The van der Waals surface area contributed by atoms with Crippen LogP contribution in [0.5, 0.6) is 11.6 Å². The monoisotopic (exact) mass is 372 g/mol. The summed E-state index contributed by atoms with van der Waals surface area (Å²) in [5, 5.41) is 12.0. The highest BCUT2D eigenvalue weighted by Gasteiger charge is 2.30. The van der Waals surface area contributed by atoms with Gasteiger partial charge < -0.3 is 15.2 Å². The van der Waals surface area contributed by atoms with Gasteiger partial charge in [0.25, 0.3) is 0 Å². The Morgan fingerprint density at radius 3 is 2.67 bits per heavy atom. The van der Waals surface area contributed by atoms with Crippen LogP contribution in [-0.2, 0) is 16.1 Å². The zero-order chi connectivity index (χ0) is 19.2. The van der Waals surface area contributed by atoms with Crippen molar-refractivity contribution in [1.82, 2.24) is 10.3 Å². The fourth-order valence-electron chi connectivity index (χ4n) is 3.23. The molecule has 27 heavy (non-hydrogen) atoms. The first-order valence-electron chi connectivity index (χ1n) is 8.90. The number of nitrogens with one attached hydrogen (secondary N) is 1. The van der Waals surface area contributed by atoms with Gasteiger partial charge in [-0.2, -0.15) is 0 Å². The van der Waals surface area contributed by atoms with Gasteiger partial charge in [0, 0.05) is 24.7 Å². The fourth-order valence-corrected chi connectivity index (χ4v) is 3.23. The summed E-state index contributed by atoms with van der Waals surface area (Å²) in [5.41, 5.74) is 0.807. The Morgan fingerprint density at radius 2 is 1.93 bits per heavy atom. The van der Waals surface area contributed by atoms with E-state index in [9.17, 15) is 14.0 Å². The first-order valence-corrected chi connectivity index (χ1v) is 8.90. The molecule has 1 aliphatic rings. The lowest BCUT2D eigenvalue weighted by Crippen LogP contribution is -2.35. The summed E-state index contributed by atoms with van der Waals surface area (Å²) in [4.78, 5) is 27.6. The fraction of sp³-hybridized carbons (Fsp3) is 0.350. The van der Waals surface area contributed by atoms with Gasteiger partial charge in [-0.15, -0.1) is 0 Å². The lowest BCUT2D eigenvalue weighted by molar-refractivity contribution is -0.144. The number of pyridine rings is 1. The summed E-state index contributed by atoms with van der Waals surface area (Å²) in [5.74, 6) is -1.20. The Morgan fingerprint density at radius 1 is 1.19 bits per heavy atom. The van der Waals surface area contributed by atoms with Gasteiger partial charge >= 0.3 is 5.97 Å². The Labute approximate surface area is 156 Å². The number of carboxylic acids is 1. The molecule has 0 aliphatic heterocycles. The minimum Gasteiger partial charge on any atom is -0.481 e. The number of nitrogens with zero attached hydrogens (tertiary/aromatic N) is 1. The number of aromatic nitrogens is 1. The van der Waals surface area contributed by atoms with E-state index in [4.69, 9.17) is 9.84 Å². The number of ether oxygens (including phenoxy) is 1. The number of carbonyl (C=O) groups is 2. The highest BCUT2D eigenvalue weighted by Crippen LogP contribution is 2.29. The normalized spacial score (nSPS) is 19.3. The lowest BCUT2D eigenvalue weighted by Gasteiger charge is -2.25. The van der Waals surface area contributed by atoms with Crippen LogP contribution in [0.3, 0.4) is 0 Å². The third-order valence-corrected chi connectivity index (χ3v) is 4.70. The zero-order valence-corrected chi connectivity index (χ0v) is 14.7. The van der Waals surface area contributed by atoms with Crippen molar-refractivity contribution in [3.63, 3.8) is 0 Å². The first kappa shape index (κ1) is 18.8. The van der Waals surface area contributed by atoms with E-state index in [2.05, 4.69) is 10.3 Å².